The molecule has 1 aromatic rings. The lowest BCUT2D eigenvalue weighted by atomic mass is 10.1. The number of alkyl halides is 1. The minimum atomic E-state index is 0.0550. The molecule has 0 unspecified atom stereocenters. The summed E-state index contributed by atoms with van der Waals surface area (Å²) in [4.78, 5) is 15.9. The fourth-order valence-electron chi connectivity index (χ4n) is 2.49. The predicted molar refractivity (Wildman–Crippen MR) is 78.4 cm³/mol. The van der Waals surface area contributed by atoms with E-state index in [4.69, 9.17) is 11.6 Å². The van der Waals surface area contributed by atoms with E-state index in [2.05, 4.69) is 36.1 Å². The van der Waals surface area contributed by atoms with Crippen LogP contribution < -0.4 is 0 Å². The SMILES string of the molecule is Cc1ccccc1CN1CCCN(C(=O)CCl)CC1. The Labute approximate surface area is 120 Å². The fourth-order valence-corrected chi connectivity index (χ4v) is 2.66. The molecule has 0 aromatic heterocycles. The number of nitrogens with zero attached hydrogens (tertiary/aromatic N) is 2. The van der Waals surface area contributed by atoms with E-state index in [0.717, 1.165) is 39.1 Å². The Morgan fingerprint density at radius 1 is 1.21 bits per heavy atom. The number of carbonyl (C=O) groups is 1. The van der Waals surface area contributed by atoms with E-state index in [1.165, 1.54) is 11.1 Å². The van der Waals surface area contributed by atoms with Gasteiger partial charge in [0.1, 0.15) is 5.88 Å². The van der Waals surface area contributed by atoms with Gasteiger partial charge in [-0.25, -0.2) is 0 Å². The lowest BCUT2D eigenvalue weighted by molar-refractivity contribution is -0.128. The van der Waals surface area contributed by atoms with Crippen LogP contribution in [-0.4, -0.2) is 47.8 Å². The van der Waals surface area contributed by atoms with Crippen molar-refractivity contribution >= 4 is 17.5 Å². The molecular formula is C15H21ClN2O. The molecule has 1 amide bonds. The number of halogens is 1. The summed E-state index contributed by atoms with van der Waals surface area (Å²) < 4.78 is 0. The minimum Gasteiger partial charge on any atom is -0.340 e. The third-order valence-corrected chi connectivity index (χ3v) is 3.94. The van der Waals surface area contributed by atoms with Gasteiger partial charge < -0.3 is 4.90 Å². The molecule has 1 aliphatic heterocycles. The highest BCUT2D eigenvalue weighted by Gasteiger charge is 2.18. The van der Waals surface area contributed by atoms with Gasteiger partial charge in [0.25, 0.3) is 0 Å². The molecule has 1 saturated heterocycles. The molecule has 1 heterocycles. The van der Waals surface area contributed by atoms with Crippen molar-refractivity contribution in [2.75, 3.05) is 32.1 Å². The quantitative estimate of drug-likeness (QED) is 0.793. The summed E-state index contributed by atoms with van der Waals surface area (Å²) in [6.45, 7) is 6.71. The van der Waals surface area contributed by atoms with Crippen molar-refractivity contribution in [3.8, 4) is 0 Å². The maximum atomic E-state index is 11.6. The maximum absolute atomic E-state index is 11.6. The van der Waals surface area contributed by atoms with E-state index >= 15 is 0 Å². The van der Waals surface area contributed by atoms with Crippen LogP contribution >= 0.6 is 11.6 Å². The molecule has 0 bridgehead atoms. The highest BCUT2D eigenvalue weighted by Crippen LogP contribution is 2.12. The van der Waals surface area contributed by atoms with E-state index in [1.54, 1.807) is 0 Å². The van der Waals surface area contributed by atoms with Crippen LogP contribution in [0.4, 0.5) is 0 Å². The van der Waals surface area contributed by atoms with Gasteiger partial charge in [-0.2, -0.15) is 0 Å². The number of aryl methyl sites for hydroxylation is 1. The van der Waals surface area contributed by atoms with Crippen LogP contribution in [0, 0.1) is 6.92 Å². The summed E-state index contributed by atoms with van der Waals surface area (Å²) in [7, 11) is 0. The Hall–Kier alpha value is -1.06. The van der Waals surface area contributed by atoms with Gasteiger partial charge in [-0.15, -0.1) is 11.6 Å². The maximum Gasteiger partial charge on any atom is 0.237 e. The molecule has 2 rings (SSSR count). The molecule has 3 nitrogen and oxygen atoms in total. The predicted octanol–water partition coefficient (Wildman–Crippen LogP) is 2.27. The zero-order valence-corrected chi connectivity index (χ0v) is 12.2. The van der Waals surface area contributed by atoms with Crippen LogP contribution in [0.5, 0.6) is 0 Å². The van der Waals surface area contributed by atoms with E-state index in [-0.39, 0.29) is 11.8 Å². The van der Waals surface area contributed by atoms with Gasteiger partial charge in [0.2, 0.25) is 5.91 Å². The first-order valence-electron chi connectivity index (χ1n) is 6.81. The zero-order chi connectivity index (χ0) is 13.7. The van der Waals surface area contributed by atoms with Gasteiger partial charge >= 0.3 is 0 Å². The molecular weight excluding hydrogens is 260 g/mol. The van der Waals surface area contributed by atoms with Crippen LogP contribution in [0.1, 0.15) is 17.5 Å². The molecule has 19 heavy (non-hydrogen) atoms. The Morgan fingerprint density at radius 2 is 2.00 bits per heavy atom. The standard InChI is InChI=1S/C15H21ClN2O/c1-13-5-2-3-6-14(13)12-17-7-4-8-18(10-9-17)15(19)11-16/h2-3,5-6H,4,7-12H2,1H3. The molecule has 1 fully saturated rings. The van der Waals surface area contributed by atoms with Gasteiger partial charge in [0.05, 0.1) is 0 Å². The number of rotatable bonds is 3. The smallest absolute Gasteiger partial charge is 0.237 e. The topological polar surface area (TPSA) is 23.6 Å². The van der Waals surface area contributed by atoms with Crippen molar-refractivity contribution in [1.82, 2.24) is 9.80 Å². The summed E-state index contributed by atoms with van der Waals surface area (Å²) in [6, 6.07) is 8.49. The van der Waals surface area contributed by atoms with Gasteiger partial charge in [-0.3, -0.25) is 9.69 Å². The average Bonchev–Trinajstić information content (AvgIpc) is 2.66. The van der Waals surface area contributed by atoms with E-state index in [9.17, 15) is 4.79 Å². The second-order valence-electron chi connectivity index (χ2n) is 5.07. The number of hydrogen-bond acceptors (Lipinski definition) is 2. The average molecular weight is 281 g/mol. The third-order valence-electron chi connectivity index (χ3n) is 3.71. The molecule has 0 N–H and O–H groups in total. The van der Waals surface area contributed by atoms with E-state index in [1.807, 2.05) is 4.90 Å². The molecule has 0 saturated carbocycles. The van der Waals surface area contributed by atoms with Crippen LogP contribution in [0.25, 0.3) is 0 Å². The number of hydrogen-bond donors (Lipinski definition) is 0. The molecule has 0 atom stereocenters. The Morgan fingerprint density at radius 3 is 2.74 bits per heavy atom. The third kappa shape index (κ3) is 3.95. The number of amides is 1. The van der Waals surface area contributed by atoms with Crippen molar-refractivity contribution in [1.29, 1.82) is 0 Å². The van der Waals surface area contributed by atoms with Crippen molar-refractivity contribution in [2.24, 2.45) is 0 Å². The summed E-state index contributed by atoms with van der Waals surface area (Å²) >= 11 is 5.62. The largest absolute Gasteiger partial charge is 0.340 e. The normalized spacial score (nSPS) is 17.3. The Bertz CT molecular complexity index is 436. The van der Waals surface area contributed by atoms with Crippen LogP contribution in [0.15, 0.2) is 24.3 Å². The molecule has 104 valence electrons. The second kappa shape index (κ2) is 6.92. The zero-order valence-electron chi connectivity index (χ0n) is 11.4. The monoisotopic (exact) mass is 280 g/mol. The first-order valence-corrected chi connectivity index (χ1v) is 7.35. The molecule has 1 aromatic carbocycles. The van der Waals surface area contributed by atoms with Gasteiger partial charge in [0, 0.05) is 32.7 Å². The Balaban J connectivity index is 1.93. The summed E-state index contributed by atoms with van der Waals surface area (Å²) in [6.07, 6.45) is 1.02. The lowest BCUT2D eigenvalue weighted by Crippen LogP contribution is -2.35. The number of benzene rings is 1. The first-order chi connectivity index (χ1) is 9.20. The van der Waals surface area contributed by atoms with Crippen LogP contribution in [0.2, 0.25) is 0 Å². The fraction of sp³-hybridized carbons (Fsp3) is 0.533. The van der Waals surface area contributed by atoms with Crippen molar-refractivity contribution in [3.63, 3.8) is 0 Å². The second-order valence-corrected chi connectivity index (χ2v) is 5.34. The lowest BCUT2D eigenvalue weighted by Gasteiger charge is -2.22. The van der Waals surface area contributed by atoms with Gasteiger partial charge in [-0.05, 0) is 24.5 Å². The molecule has 0 spiro atoms. The van der Waals surface area contributed by atoms with Crippen molar-refractivity contribution in [3.05, 3.63) is 35.4 Å². The summed E-state index contributed by atoms with van der Waals surface area (Å²) in [5, 5.41) is 0. The van der Waals surface area contributed by atoms with Crippen LogP contribution in [-0.2, 0) is 11.3 Å². The Kier molecular flexibility index (Phi) is 5.23. The van der Waals surface area contributed by atoms with Gasteiger partial charge in [-0.1, -0.05) is 24.3 Å². The van der Waals surface area contributed by atoms with Crippen molar-refractivity contribution in [2.45, 2.75) is 19.9 Å². The van der Waals surface area contributed by atoms with Crippen LogP contribution in [0.3, 0.4) is 0 Å². The molecule has 1 aliphatic rings. The summed E-state index contributed by atoms with van der Waals surface area (Å²) in [5.41, 5.74) is 2.71. The highest BCUT2D eigenvalue weighted by molar-refractivity contribution is 6.27. The highest BCUT2D eigenvalue weighted by atomic mass is 35.5. The minimum absolute atomic E-state index is 0.0550. The number of carbonyl (C=O) groups excluding carboxylic acids is 1. The van der Waals surface area contributed by atoms with Gasteiger partial charge in [0.15, 0.2) is 0 Å². The summed E-state index contributed by atoms with van der Waals surface area (Å²) in [5.74, 6) is 0.150. The first kappa shape index (κ1) is 14.4. The molecule has 0 aliphatic carbocycles. The van der Waals surface area contributed by atoms with E-state index < -0.39 is 0 Å². The van der Waals surface area contributed by atoms with E-state index in [0.29, 0.717) is 0 Å². The molecule has 0 radical (unpaired) electrons. The molecule has 4 heteroatoms. The van der Waals surface area contributed by atoms with Crippen molar-refractivity contribution < 1.29 is 4.79 Å².